The summed E-state index contributed by atoms with van der Waals surface area (Å²) in [7, 11) is -2.14. The molecule has 2 aromatic carbocycles. The summed E-state index contributed by atoms with van der Waals surface area (Å²) in [6, 6.07) is 11.8. The number of primary sulfonamides is 1. The first-order valence-electron chi connectivity index (χ1n) is 7.85. The van der Waals surface area contributed by atoms with Crippen LogP contribution in [0.15, 0.2) is 53.4 Å². The van der Waals surface area contributed by atoms with Gasteiger partial charge < -0.3 is 9.88 Å². The predicted molar refractivity (Wildman–Crippen MR) is 96.6 cm³/mol. The molecule has 0 saturated heterocycles. The highest BCUT2D eigenvalue weighted by Gasteiger charge is 2.21. The van der Waals surface area contributed by atoms with E-state index in [1.165, 1.54) is 29.2 Å². The first kappa shape index (κ1) is 18.1. The van der Waals surface area contributed by atoms with Gasteiger partial charge >= 0.3 is 0 Å². The smallest absolute Gasteiger partial charge is 0.270 e. The largest absolute Gasteiger partial charge is 0.350 e. The van der Waals surface area contributed by atoms with E-state index in [4.69, 9.17) is 5.14 Å². The van der Waals surface area contributed by atoms with Crippen molar-refractivity contribution < 1.29 is 17.6 Å². The third-order valence-corrected chi connectivity index (χ3v) is 5.36. The second-order valence-electron chi connectivity index (χ2n) is 6.09. The molecule has 1 unspecified atom stereocenters. The molecule has 0 saturated carbocycles. The fourth-order valence-electron chi connectivity index (χ4n) is 2.76. The number of rotatable bonds is 4. The number of fused-ring (bicyclic) bond motifs is 1. The van der Waals surface area contributed by atoms with E-state index < -0.39 is 15.8 Å². The molecule has 3 aromatic rings. The Bertz CT molecular complexity index is 1070. The van der Waals surface area contributed by atoms with Crippen LogP contribution in [0, 0.1) is 5.82 Å². The number of benzene rings is 2. The summed E-state index contributed by atoms with van der Waals surface area (Å²) in [5.41, 5.74) is 1.57. The number of halogens is 1. The van der Waals surface area contributed by atoms with Crippen molar-refractivity contribution in [1.29, 1.82) is 0 Å². The molecule has 3 N–H and O–H groups in total. The van der Waals surface area contributed by atoms with Crippen LogP contribution in [0.4, 0.5) is 4.39 Å². The van der Waals surface area contributed by atoms with Crippen molar-refractivity contribution in [3.63, 3.8) is 0 Å². The SMILES string of the molecule is CC(c1ccc(S(N)(=O)=O)cc1)N(C)C(=O)c1cc2c(F)cccc2[nH]1. The van der Waals surface area contributed by atoms with Gasteiger partial charge in [-0.1, -0.05) is 18.2 Å². The molecule has 1 atom stereocenters. The van der Waals surface area contributed by atoms with Crippen molar-refractivity contribution in [2.45, 2.75) is 17.9 Å². The summed E-state index contributed by atoms with van der Waals surface area (Å²) in [5.74, 6) is -0.698. The molecule has 136 valence electrons. The van der Waals surface area contributed by atoms with Crippen LogP contribution in [0.2, 0.25) is 0 Å². The minimum Gasteiger partial charge on any atom is -0.350 e. The van der Waals surface area contributed by atoms with Crippen molar-refractivity contribution in [3.8, 4) is 0 Å². The van der Waals surface area contributed by atoms with Gasteiger partial charge in [0.25, 0.3) is 5.91 Å². The van der Waals surface area contributed by atoms with Gasteiger partial charge in [0.05, 0.1) is 10.9 Å². The fourth-order valence-corrected chi connectivity index (χ4v) is 3.27. The number of nitrogens with two attached hydrogens (primary N) is 1. The number of hydrogen-bond donors (Lipinski definition) is 2. The lowest BCUT2D eigenvalue weighted by Gasteiger charge is -2.25. The number of hydrogen-bond acceptors (Lipinski definition) is 3. The molecule has 0 aliphatic rings. The Balaban J connectivity index is 1.86. The van der Waals surface area contributed by atoms with Crippen LogP contribution in [0.3, 0.4) is 0 Å². The zero-order valence-electron chi connectivity index (χ0n) is 14.2. The molecule has 8 heteroatoms. The van der Waals surface area contributed by atoms with Gasteiger partial charge in [-0.2, -0.15) is 0 Å². The van der Waals surface area contributed by atoms with E-state index in [1.807, 2.05) is 6.92 Å². The van der Waals surface area contributed by atoms with Crippen molar-refractivity contribution in [2.24, 2.45) is 5.14 Å². The van der Waals surface area contributed by atoms with Gasteiger partial charge in [0.2, 0.25) is 10.0 Å². The van der Waals surface area contributed by atoms with Gasteiger partial charge in [-0.15, -0.1) is 0 Å². The molecule has 1 aromatic heterocycles. The van der Waals surface area contributed by atoms with Crippen LogP contribution in [-0.2, 0) is 10.0 Å². The number of aromatic amines is 1. The Labute approximate surface area is 150 Å². The Hall–Kier alpha value is -2.71. The minimum atomic E-state index is -3.76. The van der Waals surface area contributed by atoms with Gasteiger partial charge in [-0.25, -0.2) is 17.9 Å². The standard InChI is InChI=1S/C18H18FN3O3S/c1-11(12-6-8-13(9-7-12)26(20,24)25)22(2)18(23)17-10-14-15(19)4-3-5-16(14)21-17/h3-11,21H,1-2H3,(H2,20,24,25). The molecular weight excluding hydrogens is 357 g/mol. The summed E-state index contributed by atoms with van der Waals surface area (Å²) in [4.78, 5) is 17.2. The third-order valence-electron chi connectivity index (χ3n) is 4.43. The lowest BCUT2D eigenvalue weighted by atomic mass is 10.1. The van der Waals surface area contributed by atoms with Gasteiger partial charge in [0, 0.05) is 18.0 Å². The molecule has 3 rings (SSSR count). The number of sulfonamides is 1. The van der Waals surface area contributed by atoms with Crippen molar-refractivity contribution in [2.75, 3.05) is 7.05 Å². The molecule has 1 amide bonds. The number of carbonyl (C=O) groups is 1. The predicted octanol–water partition coefficient (Wildman–Crippen LogP) is 2.79. The van der Waals surface area contributed by atoms with E-state index in [-0.39, 0.29) is 22.5 Å². The Morgan fingerprint density at radius 1 is 1.19 bits per heavy atom. The van der Waals surface area contributed by atoms with Crippen molar-refractivity contribution >= 4 is 26.8 Å². The molecule has 0 radical (unpaired) electrons. The topological polar surface area (TPSA) is 96.3 Å². The van der Waals surface area contributed by atoms with E-state index in [1.54, 1.807) is 31.3 Å². The number of nitrogens with one attached hydrogen (secondary N) is 1. The second kappa shape index (κ2) is 6.54. The first-order valence-corrected chi connectivity index (χ1v) is 9.40. The maximum absolute atomic E-state index is 13.8. The van der Waals surface area contributed by atoms with E-state index in [2.05, 4.69) is 4.98 Å². The molecule has 0 fully saturated rings. The molecule has 0 bridgehead atoms. The molecule has 0 aliphatic heterocycles. The minimum absolute atomic E-state index is 0.00789. The summed E-state index contributed by atoms with van der Waals surface area (Å²) in [5, 5.41) is 5.44. The average molecular weight is 375 g/mol. The summed E-state index contributed by atoms with van der Waals surface area (Å²) in [6.45, 7) is 1.81. The lowest BCUT2D eigenvalue weighted by molar-refractivity contribution is 0.0737. The van der Waals surface area contributed by atoms with Gasteiger partial charge in [-0.05, 0) is 42.8 Å². The van der Waals surface area contributed by atoms with E-state index in [0.29, 0.717) is 10.9 Å². The van der Waals surface area contributed by atoms with E-state index >= 15 is 0 Å². The maximum atomic E-state index is 13.8. The summed E-state index contributed by atoms with van der Waals surface area (Å²) < 4.78 is 36.5. The van der Waals surface area contributed by atoms with Crippen LogP contribution in [0.25, 0.3) is 10.9 Å². The Morgan fingerprint density at radius 2 is 1.85 bits per heavy atom. The van der Waals surface area contributed by atoms with Gasteiger partial charge in [0.15, 0.2) is 0 Å². The maximum Gasteiger partial charge on any atom is 0.270 e. The molecule has 0 spiro atoms. The van der Waals surface area contributed by atoms with Crippen LogP contribution < -0.4 is 5.14 Å². The number of H-pyrrole nitrogens is 1. The van der Waals surface area contributed by atoms with Crippen LogP contribution >= 0.6 is 0 Å². The highest BCUT2D eigenvalue weighted by Crippen LogP contribution is 2.24. The van der Waals surface area contributed by atoms with Gasteiger partial charge in [-0.3, -0.25) is 4.79 Å². The summed E-state index contributed by atoms with van der Waals surface area (Å²) >= 11 is 0. The number of amides is 1. The zero-order chi connectivity index (χ0) is 19.1. The van der Waals surface area contributed by atoms with Crippen LogP contribution in [-0.4, -0.2) is 31.3 Å². The monoisotopic (exact) mass is 375 g/mol. The highest BCUT2D eigenvalue weighted by molar-refractivity contribution is 7.89. The second-order valence-corrected chi connectivity index (χ2v) is 7.65. The van der Waals surface area contributed by atoms with Crippen LogP contribution in [0.1, 0.15) is 29.0 Å². The molecule has 1 heterocycles. The van der Waals surface area contributed by atoms with E-state index in [9.17, 15) is 17.6 Å². The molecule has 26 heavy (non-hydrogen) atoms. The van der Waals surface area contributed by atoms with Crippen molar-refractivity contribution in [3.05, 3.63) is 65.6 Å². The van der Waals surface area contributed by atoms with Crippen LogP contribution in [0.5, 0.6) is 0 Å². The number of aromatic nitrogens is 1. The third kappa shape index (κ3) is 3.33. The first-order chi connectivity index (χ1) is 12.2. The Kier molecular flexibility index (Phi) is 4.55. The quantitative estimate of drug-likeness (QED) is 0.734. The zero-order valence-corrected chi connectivity index (χ0v) is 15.0. The Morgan fingerprint density at radius 3 is 2.42 bits per heavy atom. The van der Waals surface area contributed by atoms with Crippen molar-refractivity contribution in [1.82, 2.24) is 9.88 Å². The van der Waals surface area contributed by atoms with E-state index in [0.717, 1.165) is 5.56 Å². The van der Waals surface area contributed by atoms with Gasteiger partial charge in [0.1, 0.15) is 11.5 Å². The number of carbonyl (C=O) groups excluding carboxylic acids is 1. The highest BCUT2D eigenvalue weighted by atomic mass is 32.2. The normalized spacial score (nSPS) is 12.9. The molecular formula is C18H18FN3O3S. The lowest BCUT2D eigenvalue weighted by Crippen LogP contribution is -2.30. The number of nitrogens with zero attached hydrogens (tertiary/aromatic N) is 1. The average Bonchev–Trinajstić information content (AvgIpc) is 3.05. The fraction of sp³-hybridized carbons (Fsp3) is 0.167. The summed E-state index contributed by atoms with van der Waals surface area (Å²) in [6.07, 6.45) is 0. The molecule has 0 aliphatic carbocycles. The molecule has 6 nitrogen and oxygen atoms in total.